The third kappa shape index (κ3) is 4.69. The van der Waals surface area contributed by atoms with Crippen LogP contribution in [0.25, 0.3) is 28.1 Å². The van der Waals surface area contributed by atoms with Gasteiger partial charge in [0.05, 0.1) is 35.6 Å². The lowest BCUT2D eigenvalue weighted by Crippen LogP contribution is -2.20. The Morgan fingerprint density at radius 3 is 2.46 bits per heavy atom. The number of fused-ring (bicyclic) bond motifs is 3. The maximum absolute atomic E-state index is 15.0. The van der Waals surface area contributed by atoms with E-state index in [4.69, 9.17) is 33.7 Å². The number of anilines is 2. The molecule has 4 N–H and O–H groups in total. The van der Waals surface area contributed by atoms with Crippen LogP contribution in [0.3, 0.4) is 0 Å². The Morgan fingerprint density at radius 2 is 1.78 bits per heavy atom. The Morgan fingerprint density at radius 1 is 1.03 bits per heavy atom. The molecule has 10 nitrogen and oxygen atoms in total. The summed E-state index contributed by atoms with van der Waals surface area (Å²) in [5.41, 5.74) is 7.59. The molecule has 0 fully saturated rings. The summed E-state index contributed by atoms with van der Waals surface area (Å²) in [5.74, 6) is -0.857. The monoisotopic (exact) mass is 539 g/mol. The van der Waals surface area contributed by atoms with Crippen LogP contribution in [0.1, 0.15) is 10.4 Å². The smallest absolute Gasteiger partial charge is 0.323 e. The normalized spacial score (nSPS) is 11.0. The van der Waals surface area contributed by atoms with Crippen LogP contribution in [-0.4, -0.2) is 38.6 Å². The van der Waals surface area contributed by atoms with Crippen LogP contribution in [0.2, 0.25) is 10.0 Å². The first-order valence-electron chi connectivity index (χ1n) is 10.6. The molecule has 2 heterocycles. The highest BCUT2D eigenvalue weighted by Crippen LogP contribution is 2.30. The Labute approximate surface area is 218 Å². The summed E-state index contributed by atoms with van der Waals surface area (Å²) in [6, 6.07) is 11.1. The minimum atomic E-state index is -0.716. The van der Waals surface area contributed by atoms with Gasteiger partial charge in [-0.25, -0.2) is 9.18 Å². The van der Waals surface area contributed by atoms with E-state index in [9.17, 15) is 9.59 Å². The van der Waals surface area contributed by atoms with Gasteiger partial charge in [-0.3, -0.25) is 14.2 Å². The Balaban J connectivity index is 1.49. The van der Waals surface area contributed by atoms with E-state index in [0.717, 1.165) is 0 Å². The van der Waals surface area contributed by atoms with Crippen molar-refractivity contribution in [3.8, 4) is 17.1 Å². The summed E-state index contributed by atoms with van der Waals surface area (Å²) < 4.78 is 21.9. The highest BCUT2D eigenvalue weighted by atomic mass is 35.5. The third-order valence-corrected chi connectivity index (χ3v) is 5.84. The van der Waals surface area contributed by atoms with E-state index < -0.39 is 17.8 Å². The molecule has 13 heteroatoms. The fourth-order valence-corrected chi connectivity index (χ4v) is 4.33. The molecule has 5 aromatic rings. The number of amides is 3. The van der Waals surface area contributed by atoms with Crippen molar-refractivity contribution in [1.82, 2.24) is 19.6 Å². The molecule has 0 radical (unpaired) electrons. The molecule has 37 heavy (non-hydrogen) atoms. The summed E-state index contributed by atoms with van der Waals surface area (Å²) in [6.45, 7) is 0. The number of benzene rings is 3. The molecule has 3 amide bonds. The molecular weight excluding hydrogens is 524 g/mol. The number of ether oxygens (including phenoxy) is 1. The lowest BCUT2D eigenvalue weighted by Gasteiger charge is -2.11. The van der Waals surface area contributed by atoms with Gasteiger partial charge in [0.1, 0.15) is 11.6 Å². The number of nitrogens with one attached hydrogen (secondary N) is 2. The number of primary amides is 1. The van der Waals surface area contributed by atoms with E-state index in [1.54, 1.807) is 16.5 Å². The SMILES string of the molecule is COc1cc2ncc3nnc(-c4ccc(NC(=O)Nc5cc(Cl)cc(Cl)c5)c(F)c4)n3c2cc1C(N)=O. The number of nitrogens with two attached hydrogens (primary N) is 1. The van der Waals surface area contributed by atoms with Crippen molar-refractivity contribution in [2.45, 2.75) is 0 Å². The van der Waals surface area contributed by atoms with E-state index in [1.807, 2.05) is 0 Å². The topological polar surface area (TPSA) is 137 Å². The molecule has 0 unspecified atom stereocenters. The van der Waals surface area contributed by atoms with Gasteiger partial charge < -0.3 is 21.1 Å². The second-order valence-corrected chi connectivity index (χ2v) is 8.69. The van der Waals surface area contributed by atoms with Crippen molar-refractivity contribution >= 4 is 63.2 Å². The summed E-state index contributed by atoms with van der Waals surface area (Å²) in [4.78, 5) is 28.7. The van der Waals surface area contributed by atoms with E-state index in [1.165, 1.54) is 49.7 Å². The van der Waals surface area contributed by atoms with Gasteiger partial charge in [-0.05, 0) is 42.5 Å². The van der Waals surface area contributed by atoms with Crippen LogP contribution in [0.15, 0.2) is 54.7 Å². The van der Waals surface area contributed by atoms with E-state index in [2.05, 4.69) is 25.8 Å². The quantitative estimate of drug-likeness (QED) is 0.282. The van der Waals surface area contributed by atoms with Crippen LogP contribution in [0.4, 0.5) is 20.6 Å². The Bertz CT molecular complexity index is 1700. The van der Waals surface area contributed by atoms with Crippen molar-refractivity contribution < 1.29 is 18.7 Å². The van der Waals surface area contributed by atoms with E-state index in [0.29, 0.717) is 38.0 Å². The van der Waals surface area contributed by atoms with Crippen LogP contribution in [-0.2, 0) is 0 Å². The first-order valence-corrected chi connectivity index (χ1v) is 11.3. The average Bonchev–Trinajstić information content (AvgIpc) is 3.28. The Kier molecular flexibility index (Phi) is 6.24. The molecule has 0 aliphatic carbocycles. The van der Waals surface area contributed by atoms with Gasteiger partial charge in [0.2, 0.25) is 0 Å². The third-order valence-electron chi connectivity index (χ3n) is 5.41. The van der Waals surface area contributed by atoms with Gasteiger partial charge in [0.15, 0.2) is 11.5 Å². The van der Waals surface area contributed by atoms with Crippen LogP contribution < -0.4 is 21.1 Å². The molecule has 5 rings (SSSR count). The number of carbonyl (C=O) groups excluding carboxylic acids is 2. The zero-order valence-corrected chi connectivity index (χ0v) is 20.4. The average molecular weight is 540 g/mol. The number of hydrogen-bond acceptors (Lipinski definition) is 6. The number of methoxy groups -OCH3 is 1. The summed E-state index contributed by atoms with van der Waals surface area (Å²) >= 11 is 11.9. The number of aromatic nitrogens is 4. The highest BCUT2D eigenvalue weighted by molar-refractivity contribution is 6.35. The molecular formula is C24H16Cl2FN7O3. The fourth-order valence-electron chi connectivity index (χ4n) is 3.80. The molecule has 0 spiro atoms. The van der Waals surface area contributed by atoms with Crippen molar-refractivity contribution in [2.24, 2.45) is 5.73 Å². The number of urea groups is 1. The lowest BCUT2D eigenvalue weighted by molar-refractivity contribution is 0.0997. The van der Waals surface area contributed by atoms with Crippen LogP contribution >= 0.6 is 23.2 Å². The summed E-state index contributed by atoms with van der Waals surface area (Å²) in [5, 5.41) is 13.9. The van der Waals surface area contributed by atoms with E-state index >= 15 is 4.39 Å². The van der Waals surface area contributed by atoms with Crippen molar-refractivity contribution in [1.29, 1.82) is 0 Å². The van der Waals surface area contributed by atoms with Crippen molar-refractivity contribution in [3.05, 3.63) is 76.2 Å². The minimum Gasteiger partial charge on any atom is -0.496 e. The maximum Gasteiger partial charge on any atom is 0.323 e. The van der Waals surface area contributed by atoms with Crippen molar-refractivity contribution in [2.75, 3.05) is 17.7 Å². The van der Waals surface area contributed by atoms with E-state index in [-0.39, 0.29) is 22.8 Å². The largest absolute Gasteiger partial charge is 0.496 e. The van der Waals surface area contributed by atoms with Gasteiger partial charge in [-0.2, -0.15) is 0 Å². The number of halogens is 3. The van der Waals surface area contributed by atoms with Gasteiger partial charge in [0.25, 0.3) is 5.91 Å². The van der Waals surface area contributed by atoms with Crippen molar-refractivity contribution in [3.63, 3.8) is 0 Å². The highest BCUT2D eigenvalue weighted by Gasteiger charge is 2.18. The zero-order chi connectivity index (χ0) is 26.3. The standard InChI is InChI=1S/C24H16Cl2FN7O3/c1-37-20-9-18-19(8-15(20)22(28)35)34-21(10-29-18)32-33-23(34)11-2-3-17(16(27)4-11)31-24(36)30-14-6-12(25)5-13(26)7-14/h2-10H,1H3,(H2,28,35)(H2,30,31,36). The first kappa shape index (κ1) is 24.2. The van der Waals surface area contributed by atoms with Crippen LogP contribution in [0.5, 0.6) is 5.75 Å². The summed E-state index contributed by atoms with van der Waals surface area (Å²) in [7, 11) is 1.42. The Hall–Kier alpha value is -4.48. The molecule has 0 bridgehead atoms. The molecule has 3 aromatic carbocycles. The first-order chi connectivity index (χ1) is 17.7. The van der Waals surface area contributed by atoms with Gasteiger partial charge in [0, 0.05) is 27.4 Å². The summed E-state index contributed by atoms with van der Waals surface area (Å²) in [6.07, 6.45) is 1.49. The van der Waals surface area contributed by atoms with Gasteiger partial charge >= 0.3 is 6.03 Å². The minimum absolute atomic E-state index is 0.0736. The predicted molar refractivity (Wildman–Crippen MR) is 138 cm³/mol. The lowest BCUT2D eigenvalue weighted by atomic mass is 10.1. The number of hydrogen-bond donors (Lipinski definition) is 3. The second kappa shape index (κ2) is 9.52. The fraction of sp³-hybridized carbons (Fsp3) is 0.0417. The van der Waals surface area contributed by atoms with Gasteiger partial charge in [-0.15, -0.1) is 10.2 Å². The molecule has 0 aliphatic rings. The number of rotatable bonds is 5. The molecule has 0 saturated heterocycles. The maximum atomic E-state index is 15.0. The molecule has 186 valence electrons. The number of carbonyl (C=O) groups is 2. The predicted octanol–water partition coefficient (Wildman–Crippen LogP) is 5.14. The second-order valence-electron chi connectivity index (χ2n) is 7.81. The molecule has 0 aliphatic heterocycles. The molecule has 0 saturated carbocycles. The van der Waals surface area contributed by atoms with Gasteiger partial charge in [-0.1, -0.05) is 23.2 Å². The molecule has 0 atom stereocenters. The number of nitrogens with zero attached hydrogens (tertiary/aromatic N) is 4. The zero-order valence-electron chi connectivity index (χ0n) is 18.9. The molecule has 2 aromatic heterocycles. The van der Waals surface area contributed by atoms with Crippen LogP contribution in [0, 0.1) is 5.82 Å².